The molecule has 1 amide bonds. The molecule has 4 N–H and O–H groups in total. The molecule has 0 bridgehead atoms. The van der Waals surface area contributed by atoms with Crippen LogP contribution in [0.3, 0.4) is 0 Å². The number of hydrogen-bond donors (Lipinski definition) is 3. The largest absolute Gasteiger partial charge is 0.399 e. The average molecular weight is 233 g/mol. The summed E-state index contributed by atoms with van der Waals surface area (Å²) < 4.78 is 0. The van der Waals surface area contributed by atoms with E-state index in [0.717, 1.165) is 29.9 Å². The van der Waals surface area contributed by atoms with Crippen molar-refractivity contribution in [3.63, 3.8) is 0 Å². The highest BCUT2D eigenvalue weighted by Gasteiger charge is 1.97. The molecule has 0 fully saturated rings. The highest BCUT2D eigenvalue weighted by Crippen LogP contribution is 2.11. The Morgan fingerprint density at radius 2 is 1.82 bits per heavy atom. The maximum absolute atomic E-state index is 10.6. The Morgan fingerprint density at radius 3 is 2.41 bits per heavy atom. The number of carbonyl (C=O) groups excluding carboxylic acids is 1. The molecule has 0 aliphatic heterocycles. The van der Waals surface area contributed by atoms with Crippen molar-refractivity contribution in [2.24, 2.45) is 0 Å². The van der Waals surface area contributed by atoms with Gasteiger partial charge in [0.2, 0.25) is 5.91 Å². The van der Waals surface area contributed by atoms with Gasteiger partial charge in [-0.05, 0) is 24.1 Å². The molecule has 17 heavy (non-hydrogen) atoms. The molecular formula is C13H19N3O. The SMILES string of the molecule is C=C(NCCCNC(C)=O)c1ccc(N)cc1. The molecule has 0 saturated carbocycles. The Kier molecular flexibility index (Phi) is 5.07. The van der Waals surface area contributed by atoms with Crippen LogP contribution >= 0.6 is 0 Å². The van der Waals surface area contributed by atoms with Gasteiger partial charge in [-0.15, -0.1) is 0 Å². The van der Waals surface area contributed by atoms with Crippen molar-refractivity contribution >= 4 is 17.3 Å². The molecule has 1 aromatic carbocycles. The zero-order valence-electron chi connectivity index (χ0n) is 10.1. The predicted octanol–water partition coefficient (Wildman–Crippen LogP) is 1.36. The maximum Gasteiger partial charge on any atom is 0.216 e. The molecule has 0 aliphatic rings. The highest BCUT2D eigenvalue weighted by atomic mass is 16.1. The molecule has 0 aliphatic carbocycles. The minimum absolute atomic E-state index is 0.00219. The smallest absolute Gasteiger partial charge is 0.216 e. The number of nitrogens with two attached hydrogens (primary N) is 1. The zero-order valence-corrected chi connectivity index (χ0v) is 10.1. The number of nitrogen functional groups attached to an aromatic ring is 1. The first-order valence-electron chi connectivity index (χ1n) is 5.62. The van der Waals surface area contributed by atoms with E-state index in [9.17, 15) is 4.79 Å². The predicted molar refractivity (Wildman–Crippen MR) is 71.2 cm³/mol. The van der Waals surface area contributed by atoms with Crippen LogP contribution in [0.15, 0.2) is 30.8 Å². The fraction of sp³-hybridized carbons (Fsp3) is 0.308. The van der Waals surface area contributed by atoms with Crippen LogP contribution in [0.2, 0.25) is 0 Å². The molecule has 0 aromatic heterocycles. The molecule has 0 atom stereocenters. The fourth-order valence-electron chi connectivity index (χ4n) is 1.38. The molecular weight excluding hydrogens is 214 g/mol. The van der Waals surface area contributed by atoms with Gasteiger partial charge in [0.1, 0.15) is 0 Å². The molecule has 4 heteroatoms. The first-order valence-corrected chi connectivity index (χ1v) is 5.62. The van der Waals surface area contributed by atoms with E-state index in [-0.39, 0.29) is 5.91 Å². The molecule has 92 valence electrons. The maximum atomic E-state index is 10.6. The molecule has 1 aromatic rings. The second-order valence-corrected chi connectivity index (χ2v) is 3.86. The summed E-state index contributed by atoms with van der Waals surface area (Å²) >= 11 is 0. The summed E-state index contributed by atoms with van der Waals surface area (Å²) in [4.78, 5) is 10.6. The fourth-order valence-corrected chi connectivity index (χ4v) is 1.38. The Hall–Kier alpha value is -1.97. The van der Waals surface area contributed by atoms with Crippen molar-refractivity contribution in [1.82, 2.24) is 10.6 Å². The highest BCUT2D eigenvalue weighted by molar-refractivity contribution is 5.72. The van der Waals surface area contributed by atoms with Gasteiger partial charge in [-0.1, -0.05) is 18.7 Å². The lowest BCUT2D eigenvalue weighted by Gasteiger charge is -2.10. The molecule has 0 unspecified atom stereocenters. The monoisotopic (exact) mass is 233 g/mol. The second kappa shape index (κ2) is 6.58. The molecule has 1 rings (SSSR count). The van der Waals surface area contributed by atoms with E-state index >= 15 is 0 Å². The van der Waals surface area contributed by atoms with Crippen LogP contribution in [0.1, 0.15) is 18.9 Å². The van der Waals surface area contributed by atoms with Gasteiger partial charge < -0.3 is 16.4 Å². The first-order chi connectivity index (χ1) is 8.09. The van der Waals surface area contributed by atoms with Crippen molar-refractivity contribution in [2.45, 2.75) is 13.3 Å². The van der Waals surface area contributed by atoms with Crippen LogP contribution in [0.5, 0.6) is 0 Å². The summed E-state index contributed by atoms with van der Waals surface area (Å²) in [5.41, 5.74) is 8.24. The summed E-state index contributed by atoms with van der Waals surface area (Å²) in [5, 5.41) is 5.95. The van der Waals surface area contributed by atoms with E-state index < -0.39 is 0 Å². The van der Waals surface area contributed by atoms with Gasteiger partial charge >= 0.3 is 0 Å². The number of hydrogen-bond acceptors (Lipinski definition) is 3. The Balaban J connectivity index is 2.25. The van der Waals surface area contributed by atoms with Crippen LogP contribution in [-0.2, 0) is 4.79 Å². The lowest BCUT2D eigenvalue weighted by atomic mass is 10.1. The molecule has 0 spiro atoms. The van der Waals surface area contributed by atoms with E-state index in [4.69, 9.17) is 5.73 Å². The third-order valence-corrected chi connectivity index (χ3v) is 2.33. The summed E-state index contributed by atoms with van der Waals surface area (Å²) in [7, 11) is 0. The van der Waals surface area contributed by atoms with Crippen LogP contribution in [0, 0.1) is 0 Å². The summed E-state index contributed by atoms with van der Waals surface area (Å²) in [5.74, 6) is 0.00219. The summed E-state index contributed by atoms with van der Waals surface area (Å²) in [6.07, 6.45) is 0.869. The first kappa shape index (κ1) is 13.1. The van der Waals surface area contributed by atoms with Crippen molar-refractivity contribution < 1.29 is 4.79 Å². The molecule has 4 nitrogen and oxygen atoms in total. The van der Waals surface area contributed by atoms with Crippen LogP contribution in [0.25, 0.3) is 5.70 Å². The number of nitrogens with one attached hydrogen (secondary N) is 2. The lowest BCUT2D eigenvalue weighted by molar-refractivity contribution is -0.118. The third kappa shape index (κ3) is 5.06. The molecule has 0 heterocycles. The van der Waals surface area contributed by atoms with E-state index in [1.807, 2.05) is 24.3 Å². The quantitative estimate of drug-likeness (QED) is 0.513. The topological polar surface area (TPSA) is 67.1 Å². The van der Waals surface area contributed by atoms with Crippen LogP contribution in [-0.4, -0.2) is 19.0 Å². The standard InChI is InChI=1S/C13H19N3O/c1-10(12-4-6-13(14)7-5-12)15-8-3-9-16-11(2)17/h4-7,15H,1,3,8-9,14H2,2H3,(H,16,17). The number of carbonyl (C=O) groups is 1. The van der Waals surface area contributed by atoms with Gasteiger partial charge in [0.05, 0.1) is 0 Å². The molecule has 0 radical (unpaired) electrons. The minimum Gasteiger partial charge on any atom is -0.399 e. The molecule has 0 saturated heterocycles. The zero-order chi connectivity index (χ0) is 12.7. The van der Waals surface area contributed by atoms with Crippen molar-refractivity contribution in [3.05, 3.63) is 36.4 Å². The lowest BCUT2D eigenvalue weighted by Crippen LogP contribution is -2.24. The van der Waals surface area contributed by atoms with Gasteiger partial charge in [-0.2, -0.15) is 0 Å². The van der Waals surface area contributed by atoms with E-state index in [1.165, 1.54) is 6.92 Å². The van der Waals surface area contributed by atoms with Crippen LogP contribution < -0.4 is 16.4 Å². The van der Waals surface area contributed by atoms with Crippen molar-refractivity contribution in [3.8, 4) is 0 Å². The number of benzene rings is 1. The number of rotatable bonds is 6. The number of anilines is 1. The van der Waals surface area contributed by atoms with Gasteiger partial charge in [0, 0.05) is 31.4 Å². The van der Waals surface area contributed by atoms with Gasteiger partial charge in [0.25, 0.3) is 0 Å². The van der Waals surface area contributed by atoms with Gasteiger partial charge in [-0.3, -0.25) is 4.79 Å². The normalized spacial score (nSPS) is 9.71. The van der Waals surface area contributed by atoms with E-state index in [0.29, 0.717) is 6.54 Å². The Morgan fingerprint density at radius 1 is 1.24 bits per heavy atom. The van der Waals surface area contributed by atoms with Crippen molar-refractivity contribution in [1.29, 1.82) is 0 Å². The van der Waals surface area contributed by atoms with E-state index in [1.54, 1.807) is 0 Å². The summed E-state index contributed by atoms with van der Waals surface area (Å²) in [6, 6.07) is 7.55. The van der Waals surface area contributed by atoms with Gasteiger partial charge in [0.15, 0.2) is 0 Å². The Labute approximate surface area is 102 Å². The third-order valence-electron chi connectivity index (χ3n) is 2.33. The van der Waals surface area contributed by atoms with Crippen LogP contribution in [0.4, 0.5) is 5.69 Å². The van der Waals surface area contributed by atoms with Crippen molar-refractivity contribution in [2.75, 3.05) is 18.8 Å². The Bertz CT molecular complexity index is 384. The average Bonchev–Trinajstić information content (AvgIpc) is 2.29. The second-order valence-electron chi connectivity index (χ2n) is 3.86. The number of amides is 1. The van der Waals surface area contributed by atoms with E-state index in [2.05, 4.69) is 17.2 Å². The van der Waals surface area contributed by atoms with Gasteiger partial charge in [-0.25, -0.2) is 0 Å². The minimum atomic E-state index is 0.00219. The summed E-state index contributed by atoms with van der Waals surface area (Å²) in [6.45, 7) is 6.92.